The van der Waals surface area contributed by atoms with E-state index in [0.717, 1.165) is 18.6 Å². The van der Waals surface area contributed by atoms with Gasteiger partial charge in [-0.05, 0) is 13.0 Å². The first-order valence-corrected chi connectivity index (χ1v) is 5.31. The van der Waals surface area contributed by atoms with Gasteiger partial charge < -0.3 is 9.47 Å². The van der Waals surface area contributed by atoms with E-state index in [2.05, 4.69) is 13.2 Å². The van der Waals surface area contributed by atoms with Crippen molar-refractivity contribution in [3.63, 3.8) is 0 Å². The van der Waals surface area contributed by atoms with Gasteiger partial charge in [-0.3, -0.25) is 0 Å². The largest absolute Gasteiger partial charge is 0.494 e. The van der Waals surface area contributed by atoms with Crippen molar-refractivity contribution in [1.82, 2.24) is 0 Å². The van der Waals surface area contributed by atoms with Crippen molar-refractivity contribution < 1.29 is 9.47 Å². The topological polar surface area (TPSA) is 18.5 Å². The molecule has 15 heavy (non-hydrogen) atoms. The van der Waals surface area contributed by atoms with Crippen molar-refractivity contribution in [1.29, 1.82) is 0 Å². The third kappa shape index (κ3) is 15.7. The molecule has 0 aromatic heterocycles. The zero-order valence-electron chi connectivity index (χ0n) is 10.5. The molecule has 0 aliphatic heterocycles. The number of ether oxygens (including phenoxy) is 2. The molecule has 0 fully saturated rings. The minimum Gasteiger partial charge on any atom is -0.494 e. The molecule has 0 heterocycles. The lowest BCUT2D eigenvalue weighted by molar-refractivity contribution is 0.150. The van der Waals surface area contributed by atoms with Crippen molar-refractivity contribution in [3.8, 4) is 0 Å². The van der Waals surface area contributed by atoms with Gasteiger partial charge in [0.15, 0.2) is 0 Å². The zero-order valence-corrected chi connectivity index (χ0v) is 10.5. The fraction of sp³-hybridized carbons (Fsp3) is 0.538. The molecule has 2 heteroatoms. The van der Waals surface area contributed by atoms with Crippen molar-refractivity contribution in [2.75, 3.05) is 20.3 Å². The smallest absolute Gasteiger partial charge is 0.112 e. The molecule has 0 saturated carbocycles. The summed E-state index contributed by atoms with van der Waals surface area (Å²) in [6.45, 7) is 14.8. The van der Waals surface area contributed by atoms with E-state index >= 15 is 0 Å². The van der Waals surface area contributed by atoms with E-state index in [-0.39, 0.29) is 0 Å². The lowest BCUT2D eigenvalue weighted by atomic mass is 10.3. The van der Waals surface area contributed by atoms with Crippen LogP contribution in [-0.2, 0) is 9.47 Å². The normalized spacial score (nSPS) is 9.33. The van der Waals surface area contributed by atoms with Crippen LogP contribution in [0.4, 0.5) is 0 Å². The third-order valence-electron chi connectivity index (χ3n) is 1.33. The van der Waals surface area contributed by atoms with E-state index in [9.17, 15) is 0 Å². The molecule has 0 N–H and O–H groups in total. The molecule has 0 aromatic carbocycles. The summed E-state index contributed by atoms with van der Waals surface area (Å²) in [5.41, 5.74) is 0.988. The zero-order chi connectivity index (χ0) is 12.1. The Kier molecular flexibility index (Phi) is 14.2. The fourth-order valence-corrected chi connectivity index (χ4v) is 0.690. The minimum atomic E-state index is 0.646. The molecule has 0 saturated heterocycles. The summed E-state index contributed by atoms with van der Waals surface area (Å²) in [4.78, 5) is 0. The van der Waals surface area contributed by atoms with Gasteiger partial charge in [-0.25, -0.2) is 0 Å². The molecule has 0 aliphatic rings. The second-order valence-electron chi connectivity index (χ2n) is 2.84. The van der Waals surface area contributed by atoms with Crippen LogP contribution in [-0.4, -0.2) is 20.3 Å². The Balaban J connectivity index is 0. The van der Waals surface area contributed by atoms with E-state index in [1.165, 1.54) is 0 Å². The highest BCUT2D eigenvalue weighted by atomic mass is 16.5. The Bertz CT molecular complexity index is 193. The van der Waals surface area contributed by atoms with Crippen LogP contribution in [0.15, 0.2) is 36.6 Å². The van der Waals surface area contributed by atoms with E-state index in [4.69, 9.17) is 9.47 Å². The van der Waals surface area contributed by atoms with E-state index in [0.29, 0.717) is 12.4 Å². The van der Waals surface area contributed by atoms with Crippen molar-refractivity contribution in [2.24, 2.45) is 0 Å². The summed E-state index contributed by atoms with van der Waals surface area (Å²) in [6, 6.07) is 0. The maximum absolute atomic E-state index is 5.29. The highest BCUT2D eigenvalue weighted by Gasteiger charge is 1.89. The maximum atomic E-state index is 5.29. The summed E-state index contributed by atoms with van der Waals surface area (Å²) < 4.78 is 10.2. The van der Waals surface area contributed by atoms with Gasteiger partial charge >= 0.3 is 0 Å². The number of rotatable bonds is 7. The second kappa shape index (κ2) is 13.0. The second-order valence-corrected chi connectivity index (χ2v) is 2.84. The SMILES string of the molecule is C=C(C)/C=C\C(=C)OCCCOC.CC. The van der Waals surface area contributed by atoms with Gasteiger partial charge in [-0.1, -0.05) is 38.7 Å². The fourth-order valence-electron chi connectivity index (χ4n) is 0.690. The van der Waals surface area contributed by atoms with Crippen LogP contribution in [0.3, 0.4) is 0 Å². The van der Waals surface area contributed by atoms with Crippen LogP contribution in [0.5, 0.6) is 0 Å². The highest BCUT2D eigenvalue weighted by molar-refractivity contribution is 5.19. The Morgan fingerprint density at radius 3 is 2.20 bits per heavy atom. The molecule has 0 aromatic rings. The van der Waals surface area contributed by atoms with Crippen molar-refractivity contribution >= 4 is 0 Å². The van der Waals surface area contributed by atoms with Crippen LogP contribution >= 0.6 is 0 Å². The molecule has 0 spiro atoms. The van der Waals surface area contributed by atoms with Crippen LogP contribution < -0.4 is 0 Å². The van der Waals surface area contributed by atoms with Crippen LogP contribution in [0, 0.1) is 0 Å². The highest BCUT2D eigenvalue weighted by Crippen LogP contribution is 2.00. The van der Waals surface area contributed by atoms with E-state index in [1.807, 2.05) is 32.9 Å². The number of hydrogen-bond donors (Lipinski definition) is 0. The summed E-state index contributed by atoms with van der Waals surface area (Å²) >= 11 is 0. The molecule has 0 bridgehead atoms. The molecular formula is C13H24O2. The monoisotopic (exact) mass is 212 g/mol. The quantitative estimate of drug-likeness (QED) is 0.364. The molecule has 0 radical (unpaired) electrons. The molecular weight excluding hydrogens is 188 g/mol. The van der Waals surface area contributed by atoms with E-state index in [1.54, 1.807) is 7.11 Å². The maximum Gasteiger partial charge on any atom is 0.112 e. The first-order chi connectivity index (χ1) is 7.16. The van der Waals surface area contributed by atoms with Crippen LogP contribution in [0.1, 0.15) is 27.2 Å². The first kappa shape index (κ1) is 16.4. The van der Waals surface area contributed by atoms with E-state index < -0.39 is 0 Å². The average Bonchev–Trinajstić information content (AvgIpc) is 2.24. The molecule has 0 amide bonds. The lowest BCUT2D eigenvalue weighted by Crippen LogP contribution is -1.97. The summed E-state index contributed by atoms with van der Waals surface area (Å²) in [5.74, 6) is 0.666. The summed E-state index contributed by atoms with van der Waals surface area (Å²) in [5, 5.41) is 0. The Morgan fingerprint density at radius 2 is 1.73 bits per heavy atom. The van der Waals surface area contributed by atoms with Gasteiger partial charge in [0, 0.05) is 20.1 Å². The molecule has 88 valence electrons. The first-order valence-electron chi connectivity index (χ1n) is 5.31. The van der Waals surface area contributed by atoms with Crippen molar-refractivity contribution in [3.05, 3.63) is 36.6 Å². The Morgan fingerprint density at radius 1 is 1.13 bits per heavy atom. The standard InChI is InChI=1S/C11H18O2.C2H6/c1-10(2)6-7-11(3)13-9-5-8-12-4;1-2/h6-7H,1,3,5,8-9H2,2,4H3;1-2H3/b7-6-;. The number of methoxy groups -OCH3 is 1. The third-order valence-corrected chi connectivity index (χ3v) is 1.33. The van der Waals surface area contributed by atoms with Gasteiger partial charge in [0.05, 0.1) is 6.61 Å². The van der Waals surface area contributed by atoms with Crippen molar-refractivity contribution in [2.45, 2.75) is 27.2 Å². The molecule has 0 rings (SSSR count). The molecule has 0 unspecified atom stereocenters. The van der Waals surface area contributed by atoms with Crippen LogP contribution in [0.2, 0.25) is 0 Å². The summed E-state index contributed by atoms with van der Waals surface area (Å²) in [7, 11) is 1.68. The molecule has 0 aliphatic carbocycles. The molecule has 0 atom stereocenters. The van der Waals surface area contributed by atoms with Gasteiger partial charge in [-0.15, -0.1) is 0 Å². The van der Waals surface area contributed by atoms with Gasteiger partial charge in [-0.2, -0.15) is 0 Å². The van der Waals surface area contributed by atoms with Crippen LogP contribution in [0.25, 0.3) is 0 Å². The average molecular weight is 212 g/mol. The predicted molar refractivity (Wildman–Crippen MR) is 66.9 cm³/mol. The Labute approximate surface area is 94.3 Å². The summed E-state index contributed by atoms with van der Waals surface area (Å²) in [6.07, 6.45) is 4.57. The van der Waals surface area contributed by atoms with Gasteiger partial charge in [0.25, 0.3) is 0 Å². The lowest BCUT2D eigenvalue weighted by Gasteiger charge is -2.04. The Hall–Kier alpha value is -1.02. The van der Waals surface area contributed by atoms with Gasteiger partial charge in [0.1, 0.15) is 5.76 Å². The number of hydrogen-bond acceptors (Lipinski definition) is 2. The molecule has 2 nitrogen and oxygen atoms in total. The number of allylic oxidation sites excluding steroid dienone is 3. The minimum absolute atomic E-state index is 0.646. The predicted octanol–water partition coefficient (Wildman–Crippen LogP) is 3.71. The van der Waals surface area contributed by atoms with Gasteiger partial charge in [0.2, 0.25) is 0 Å².